The smallest absolute Gasteiger partial charge is 0.137 e. The lowest BCUT2D eigenvalue weighted by molar-refractivity contribution is 1.33. The van der Waals surface area contributed by atoms with E-state index in [1.165, 1.54) is 11.1 Å². The van der Waals surface area contributed by atoms with E-state index in [9.17, 15) is 0 Å². The third-order valence-electron chi connectivity index (χ3n) is 3.37. The van der Waals surface area contributed by atoms with Gasteiger partial charge in [-0.25, -0.2) is 4.98 Å². The number of fused-ring (bicyclic) bond motifs is 2. The second-order valence-corrected chi connectivity index (χ2v) is 4.51. The zero-order chi connectivity index (χ0) is 12.7. The van der Waals surface area contributed by atoms with Gasteiger partial charge in [-0.2, -0.15) is 0 Å². The zero-order valence-corrected chi connectivity index (χ0v) is 10.2. The summed E-state index contributed by atoms with van der Waals surface area (Å²) < 4.78 is 0. The predicted octanol–water partition coefficient (Wildman–Crippen LogP) is 3.78. The molecule has 0 spiro atoms. The molecule has 3 aromatic heterocycles. The van der Waals surface area contributed by atoms with E-state index in [1.54, 1.807) is 6.20 Å². The first-order chi connectivity index (χ1) is 9.42. The lowest BCUT2D eigenvalue weighted by Crippen LogP contribution is -1.80. The summed E-state index contributed by atoms with van der Waals surface area (Å²) in [6, 6.07) is 14.4. The minimum absolute atomic E-state index is 0.920. The summed E-state index contributed by atoms with van der Waals surface area (Å²) >= 11 is 0. The first kappa shape index (κ1) is 10.3. The highest BCUT2D eigenvalue weighted by atomic mass is 14.8. The van der Waals surface area contributed by atoms with Gasteiger partial charge in [0, 0.05) is 34.9 Å². The standard InChI is InChI=1S/C16H11N3/c1-3-12-9-11(5-6-15(12)17-7-1)14-10-19-16-13(14)4-2-8-18-16/h1-10H,(H,18,19). The van der Waals surface area contributed by atoms with Gasteiger partial charge in [-0.3, -0.25) is 4.98 Å². The molecular formula is C16H11N3. The van der Waals surface area contributed by atoms with Gasteiger partial charge in [0.2, 0.25) is 0 Å². The Morgan fingerprint density at radius 2 is 1.79 bits per heavy atom. The number of pyridine rings is 2. The van der Waals surface area contributed by atoms with Crippen LogP contribution in [0.2, 0.25) is 0 Å². The van der Waals surface area contributed by atoms with Crippen LogP contribution in [0.4, 0.5) is 0 Å². The molecule has 1 aromatic carbocycles. The minimum atomic E-state index is 0.920. The first-order valence-corrected chi connectivity index (χ1v) is 6.19. The van der Waals surface area contributed by atoms with E-state index in [2.05, 4.69) is 45.3 Å². The molecule has 0 saturated carbocycles. The van der Waals surface area contributed by atoms with Gasteiger partial charge in [-0.05, 0) is 35.9 Å². The number of benzene rings is 1. The summed E-state index contributed by atoms with van der Waals surface area (Å²) in [5.74, 6) is 0. The van der Waals surface area contributed by atoms with E-state index in [4.69, 9.17) is 0 Å². The normalized spacial score (nSPS) is 11.2. The molecule has 0 aliphatic heterocycles. The summed E-state index contributed by atoms with van der Waals surface area (Å²) in [7, 11) is 0. The van der Waals surface area contributed by atoms with Gasteiger partial charge in [0.1, 0.15) is 5.65 Å². The Labute approximate surface area is 110 Å². The maximum absolute atomic E-state index is 4.35. The Balaban J connectivity index is 1.99. The van der Waals surface area contributed by atoms with E-state index in [0.717, 1.165) is 21.9 Å². The second-order valence-electron chi connectivity index (χ2n) is 4.51. The molecule has 19 heavy (non-hydrogen) atoms. The van der Waals surface area contributed by atoms with Crippen LogP contribution in [0, 0.1) is 0 Å². The highest BCUT2D eigenvalue weighted by Crippen LogP contribution is 2.29. The number of aromatic nitrogens is 3. The summed E-state index contributed by atoms with van der Waals surface area (Å²) in [6.45, 7) is 0. The van der Waals surface area contributed by atoms with Crippen molar-refractivity contribution >= 4 is 21.9 Å². The van der Waals surface area contributed by atoms with E-state index in [1.807, 2.05) is 24.5 Å². The summed E-state index contributed by atoms with van der Waals surface area (Å²) in [4.78, 5) is 11.9. The Bertz CT molecular complexity index is 877. The Hall–Kier alpha value is -2.68. The van der Waals surface area contributed by atoms with Crippen molar-refractivity contribution < 1.29 is 0 Å². The molecular weight excluding hydrogens is 234 g/mol. The lowest BCUT2D eigenvalue weighted by Gasteiger charge is -2.02. The third kappa shape index (κ3) is 1.59. The number of H-pyrrole nitrogens is 1. The molecule has 3 heteroatoms. The summed E-state index contributed by atoms with van der Waals surface area (Å²) in [5.41, 5.74) is 4.29. The molecule has 90 valence electrons. The van der Waals surface area contributed by atoms with Crippen LogP contribution < -0.4 is 0 Å². The molecule has 0 radical (unpaired) electrons. The molecule has 0 amide bonds. The molecule has 3 nitrogen and oxygen atoms in total. The average molecular weight is 245 g/mol. The van der Waals surface area contributed by atoms with Gasteiger partial charge in [0.25, 0.3) is 0 Å². The van der Waals surface area contributed by atoms with Crippen LogP contribution in [0.15, 0.2) is 61.1 Å². The van der Waals surface area contributed by atoms with Crippen molar-refractivity contribution in [2.45, 2.75) is 0 Å². The van der Waals surface area contributed by atoms with E-state index in [0.29, 0.717) is 0 Å². The van der Waals surface area contributed by atoms with Crippen molar-refractivity contribution in [3.05, 3.63) is 61.1 Å². The van der Waals surface area contributed by atoms with E-state index in [-0.39, 0.29) is 0 Å². The highest BCUT2D eigenvalue weighted by Gasteiger charge is 2.06. The van der Waals surface area contributed by atoms with Gasteiger partial charge < -0.3 is 4.98 Å². The number of nitrogens with zero attached hydrogens (tertiary/aromatic N) is 2. The maximum atomic E-state index is 4.35. The lowest BCUT2D eigenvalue weighted by atomic mass is 10.0. The van der Waals surface area contributed by atoms with E-state index < -0.39 is 0 Å². The van der Waals surface area contributed by atoms with Crippen molar-refractivity contribution in [1.82, 2.24) is 15.0 Å². The minimum Gasteiger partial charge on any atom is -0.346 e. The first-order valence-electron chi connectivity index (χ1n) is 6.19. The molecule has 0 aliphatic carbocycles. The monoisotopic (exact) mass is 245 g/mol. The van der Waals surface area contributed by atoms with Gasteiger partial charge in [-0.1, -0.05) is 12.1 Å². The van der Waals surface area contributed by atoms with Gasteiger partial charge in [-0.15, -0.1) is 0 Å². The van der Waals surface area contributed by atoms with Crippen molar-refractivity contribution in [3.63, 3.8) is 0 Å². The zero-order valence-electron chi connectivity index (χ0n) is 10.2. The number of rotatable bonds is 1. The van der Waals surface area contributed by atoms with Crippen molar-refractivity contribution in [2.24, 2.45) is 0 Å². The molecule has 0 unspecified atom stereocenters. The molecule has 0 atom stereocenters. The molecule has 0 fully saturated rings. The van der Waals surface area contributed by atoms with E-state index >= 15 is 0 Å². The van der Waals surface area contributed by atoms with Gasteiger partial charge in [0.05, 0.1) is 5.52 Å². The SMILES string of the molecule is c1cnc2ccc(-c3c[nH]c4ncccc34)cc2c1. The van der Waals surface area contributed by atoms with Crippen LogP contribution in [0.5, 0.6) is 0 Å². The van der Waals surface area contributed by atoms with Crippen molar-refractivity contribution in [2.75, 3.05) is 0 Å². The molecule has 3 heterocycles. The number of aromatic amines is 1. The fraction of sp³-hybridized carbons (Fsp3) is 0. The third-order valence-corrected chi connectivity index (χ3v) is 3.37. The topological polar surface area (TPSA) is 41.6 Å². The number of nitrogens with one attached hydrogen (secondary N) is 1. The number of hydrogen-bond donors (Lipinski definition) is 1. The van der Waals surface area contributed by atoms with Crippen LogP contribution in [0.3, 0.4) is 0 Å². The second kappa shape index (κ2) is 3.92. The van der Waals surface area contributed by atoms with Crippen LogP contribution in [-0.4, -0.2) is 15.0 Å². The Morgan fingerprint density at radius 3 is 2.79 bits per heavy atom. The number of hydrogen-bond acceptors (Lipinski definition) is 2. The molecule has 1 N–H and O–H groups in total. The maximum Gasteiger partial charge on any atom is 0.137 e. The highest BCUT2D eigenvalue weighted by molar-refractivity contribution is 5.96. The van der Waals surface area contributed by atoms with Crippen LogP contribution in [-0.2, 0) is 0 Å². The fourth-order valence-electron chi connectivity index (χ4n) is 2.44. The molecule has 4 aromatic rings. The largest absolute Gasteiger partial charge is 0.346 e. The Morgan fingerprint density at radius 1 is 0.895 bits per heavy atom. The quantitative estimate of drug-likeness (QED) is 0.554. The van der Waals surface area contributed by atoms with Gasteiger partial charge in [0.15, 0.2) is 0 Å². The molecule has 0 saturated heterocycles. The van der Waals surface area contributed by atoms with Crippen molar-refractivity contribution in [1.29, 1.82) is 0 Å². The summed E-state index contributed by atoms with van der Waals surface area (Å²) in [6.07, 6.45) is 5.62. The van der Waals surface area contributed by atoms with Crippen LogP contribution >= 0.6 is 0 Å². The van der Waals surface area contributed by atoms with Crippen LogP contribution in [0.1, 0.15) is 0 Å². The molecule has 4 rings (SSSR count). The van der Waals surface area contributed by atoms with Crippen LogP contribution in [0.25, 0.3) is 33.1 Å². The van der Waals surface area contributed by atoms with Gasteiger partial charge >= 0.3 is 0 Å². The van der Waals surface area contributed by atoms with Crippen molar-refractivity contribution in [3.8, 4) is 11.1 Å². The molecule has 0 bridgehead atoms. The fourth-order valence-corrected chi connectivity index (χ4v) is 2.44. The average Bonchev–Trinajstić information content (AvgIpc) is 2.91. The summed E-state index contributed by atoms with van der Waals surface area (Å²) in [5, 5.41) is 2.30. The Kier molecular flexibility index (Phi) is 2.12. The molecule has 0 aliphatic rings. The predicted molar refractivity (Wildman–Crippen MR) is 76.8 cm³/mol.